The molecule has 9 nitrogen and oxygen atoms in total. The molecule has 2 heterocycles. The van der Waals surface area contributed by atoms with Crippen molar-refractivity contribution in [1.29, 1.82) is 0 Å². The summed E-state index contributed by atoms with van der Waals surface area (Å²) >= 11 is 0. The van der Waals surface area contributed by atoms with Crippen LogP contribution >= 0.6 is 0 Å². The van der Waals surface area contributed by atoms with E-state index in [0.717, 1.165) is 41.6 Å². The highest BCUT2D eigenvalue weighted by Gasteiger charge is 2.38. The summed E-state index contributed by atoms with van der Waals surface area (Å²) in [4.78, 5) is 27.6. The molecule has 0 spiro atoms. The van der Waals surface area contributed by atoms with Crippen molar-refractivity contribution in [3.63, 3.8) is 0 Å². The second-order valence-electron chi connectivity index (χ2n) is 12.5. The number of hydrogen-bond acceptors (Lipinski definition) is 7. The van der Waals surface area contributed by atoms with Crippen molar-refractivity contribution in [2.24, 2.45) is 0 Å². The van der Waals surface area contributed by atoms with Crippen molar-refractivity contribution in [3.8, 4) is 0 Å². The number of rotatable bonds is 9. The number of urea groups is 1. The van der Waals surface area contributed by atoms with Crippen LogP contribution in [0.2, 0.25) is 0 Å². The number of nitrogens with zero attached hydrogens (tertiary/aromatic N) is 1. The summed E-state index contributed by atoms with van der Waals surface area (Å²) in [5.41, 5.74) is 3.79. The molecule has 0 bridgehead atoms. The van der Waals surface area contributed by atoms with Gasteiger partial charge in [-0.1, -0.05) is 66.7 Å². The number of ether oxygens (including phenoxy) is 3. The van der Waals surface area contributed by atoms with Crippen molar-refractivity contribution in [2.75, 3.05) is 18.4 Å². The fraction of sp³-hybridized carbons (Fsp3) is 0.429. The fourth-order valence-corrected chi connectivity index (χ4v) is 5.65. The molecule has 0 radical (unpaired) electrons. The first-order valence-corrected chi connectivity index (χ1v) is 15.3. The van der Waals surface area contributed by atoms with Crippen LogP contribution < -0.4 is 10.6 Å². The van der Waals surface area contributed by atoms with Crippen LogP contribution in [0.15, 0.2) is 78.9 Å². The molecule has 2 aliphatic heterocycles. The smallest absolute Gasteiger partial charge is 0.323 e. The first kappa shape index (κ1) is 31.7. The molecule has 2 amide bonds. The highest BCUT2D eigenvalue weighted by atomic mass is 16.7. The molecule has 3 N–H and O–H groups in total. The maximum absolute atomic E-state index is 13.0. The highest BCUT2D eigenvalue weighted by molar-refractivity contribution is 5.89. The number of likely N-dealkylation sites (tertiary alicyclic amines) is 1. The number of carbonyl (C=O) groups excluding carboxylic acids is 2. The summed E-state index contributed by atoms with van der Waals surface area (Å²) in [6, 6.07) is 24.4. The predicted molar refractivity (Wildman–Crippen MR) is 168 cm³/mol. The molecule has 0 aliphatic carbocycles. The van der Waals surface area contributed by atoms with Gasteiger partial charge in [-0.3, -0.25) is 9.69 Å². The van der Waals surface area contributed by atoms with E-state index in [1.807, 2.05) is 99.6 Å². The van der Waals surface area contributed by atoms with Gasteiger partial charge in [0, 0.05) is 30.8 Å². The number of esters is 1. The first-order valence-electron chi connectivity index (χ1n) is 15.3. The van der Waals surface area contributed by atoms with Gasteiger partial charge in [-0.25, -0.2) is 4.79 Å². The molecule has 3 aromatic carbocycles. The van der Waals surface area contributed by atoms with Crippen molar-refractivity contribution >= 4 is 17.7 Å². The van der Waals surface area contributed by atoms with E-state index in [-0.39, 0.29) is 36.9 Å². The van der Waals surface area contributed by atoms with Gasteiger partial charge in [-0.15, -0.1) is 0 Å². The van der Waals surface area contributed by atoms with E-state index in [2.05, 4.69) is 15.5 Å². The van der Waals surface area contributed by atoms with Crippen molar-refractivity contribution < 1.29 is 28.9 Å². The zero-order valence-corrected chi connectivity index (χ0v) is 25.7. The van der Waals surface area contributed by atoms with E-state index in [0.29, 0.717) is 25.2 Å². The lowest BCUT2D eigenvalue weighted by Crippen LogP contribution is -2.45. The molecule has 5 rings (SSSR count). The number of anilines is 1. The van der Waals surface area contributed by atoms with Crippen molar-refractivity contribution in [1.82, 2.24) is 10.2 Å². The summed E-state index contributed by atoms with van der Waals surface area (Å²) in [5.74, 6) is -0.189. The van der Waals surface area contributed by atoms with E-state index in [1.54, 1.807) is 0 Å². The third-order valence-electron chi connectivity index (χ3n) is 7.83. The minimum absolute atomic E-state index is 0.0220. The van der Waals surface area contributed by atoms with E-state index in [9.17, 15) is 14.7 Å². The molecule has 3 aromatic rings. The number of aliphatic hydroxyl groups is 1. The largest absolute Gasteiger partial charge is 0.459 e. The van der Waals surface area contributed by atoms with Crippen LogP contribution in [0.3, 0.4) is 0 Å². The van der Waals surface area contributed by atoms with Gasteiger partial charge in [0.2, 0.25) is 0 Å². The van der Waals surface area contributed by atoms with Crippen LogP contribution in [0.5, 0.6) is 0 Å². The minimum Gasteiger partial charge on any atom is -0.459 e. The Morgan fingerprint density at radius 2 is 1.64 bits per heavy atom. The summed E-state index contributed by atoms with van der Waals surface area (Å²) in [6.07, 6.45) is 1.24. The van der Waals surface area contributed by atoms with Crippen LogP contribution in [0.1, 0.15) is 74.7 Å². The summed E-state index contributed by atoms with van der Waals surface area (Å²) in [7, 11) is 0. The Morgan fingerprint density at radius 1 is 0.932 bits per heavy atom. The Kier molecular flexibility index (Phi) is 10.3. The lowest BCUT2D eigenvalue weighted by molar-refractivity contribution is -0.253. The quantitative estimate of drug-likeness (QED) is 0.264. The number of carbonyl (C=O) groups is 2. The molecule has 2 saturated heterocycles. The maximum atomic E-state index is 13.0. The molecule has 9 heteroatoms. The van der Waals surface area contributed by atoms with Gasteiger partial charge < -0.3 is 30.0 Å². The topological polar surface area (TPSA) is 109 Å². The van der Waals surface area contributed by atoms with Gasteiger partial charge in [0.05, 0.1) is 18.8 Å². The van der Waals surface area contributed by atoms with Crippen molar-refractivity contribution in [2.45, 2.75) is 83.3 Å². The standard InChI is InChI=1S/C35H43N3O6/c1-35(2,3)44-32(40)30-10-7-19-38(30)22-29-20-31(26-13-11-25(23-39)12-14-26)43-33(42-29)27-15-17-28(18-16-27)37-34(41)36-21-24-8-5-4-6-9-24/h4-6,8-9,11-18,29-31,33,39H,7,10,19-23H2,1-3H3,(H2,36,37,41). The molecule has 4 atom stereocenters. The van der Waals surface area contributed by atoms with E-state index in [1.165, 1.54) is 0 Å². The first-order chi connectivity index (χ1) is 21.2. The second-order valence-corrected chi connectivity index (χ2v) is 12.5. The molecular formula is C35H43N3O6. The van der Waals surface area contributed by atoms with E-state index >= 15 is 0 Å². The Morgan fingerprint density at radius 3 is 2.32 bits per heavy atom. The third kappa shape index (κ3) is 8.66. The van der Waals surface area contributed by atoms with Crippen LogP contribution in [-0.2, 0) is 32.2 Å². The van der Waals surface area contributed by atoms with E-state index < -0.39 is 11.9 Å². The number of benzene rings is 3. The summed E-state index contributed by atoms with van der Waals surface area (Å²) in [5, 5.41) is 15.2. The molecule has 0 aromatic heterocycles. The fourth-order valence-electron chi connectivity index (χ4n) is 5.65. The second kappa shape index (κ2) is 14.3. The van der Waals surface area contributed by atoms with Gasteiger partial charge in [-0.2, -0.15) is 0 Å². The van der Waals surface area contributed by atoms with Gasteiger partial charge >= 0.3 is 12.0 Å². The Labute approximate surface area is 259 Å². The van der Waals surface area contributed by atoms with Crippen molar-refractivity contribution in [3.05, 3.63) is 101 Å². The lowest BCUT2D eigenvalue weighted by atomic mass is 9.99. The van der Waals surface area contributed by atoms with Crippen LogP contribution in [0.25, 0.3) is 0 Å². The molecule has 2 fully saturated rings. The monoisotopic (exact) mass is 601 g/mol. The number of hydrogen-bond donors (Lipinski definition) is 3. The third-order valence-corrected chi connectivity index (χ3v) is 7.83. The minimum atomic E-state index is -0.639. The van der Waals surface area contributed by atoms with Crippen LogP contribution in [0.4, 0.5) is 10.5 Å². The average Bonchev–Trinajstić information content (AvgIpc) is 3.48. The van der Waals surface area contributed by atoms with Gasteiger partial charge in [-0.05, 0) is 69.0 Å². The molecule has 2 aliphatic rings. The zero-order chi connectivity index (χ0) is 31.1. The maximum Gasteiger partial charge on any atom is 0.323 e. The number of nitrogens with one attached hydrogen (secondary N) is 2. The number of aliphatic hydroxyl groups excluding tert-OH is 1. The average molecular weight is 602 g/mol. The summed E-state index contributed by atoms with van der Waals surface area (Å²) in [6.45, 7) is 7.46. The van der Waals surface area contributed by atoms with Crippen LogP contribution in [-0.4, -0.2) is 52.8 Å². The van der Waals surface area contributed by atoms with Gasteiger partial charge in [0.1, 0.15) is 11.6 Å². The molecule has 44 heavy (non-hydrogen) atoms. The Hall–Kier alpha value is -3.76. The predicted octanol–water partition coefficient (Wildman–Crippen LogP) is 5.85. The van der Waals surface area contributed by atoms with Gasteiger partial charge in [0.15, 0.2) is 6.29 Å². The Bertz CT molecular complexity index is 1370. The van der Waals surface area contributed by atoms with E-state index in [4.69, 9.17) is 14.2 Å². The lowest BCUT2D eigenvalue weighted by Gasteiger charge is -2.38. The summed E-state index contributed by atoms with van der Waals surface area (Å²) < 4.78 is 18.7. The zero-order valence-electron chi connectivity index (χ0n) is 25.7. The molecule has 0 saturated carbocycles. The number of amides is 2. The molecule has 4 unspecified atom stereocenters. The van der Waals surface area contributed by atoms with Gasteiger partial charge in [0.25, 0.3) is 0 Å². The Balaban J connectivity index is 1.27. The highest BCUT2D eigenvalue weighted by Crippen LogP contribution is 2.39. The molecular weight excluding hydrogens is 558 g/mol. The normalized spacial score (nSPS) is 22.4. The van der Waals surface area contributed by atoms with Crippen LogP contribution in [0, 0.1) is 0 Å². The molecule has 234 valence electrons. The SMILES string of the molecule is CC(C)(C)OC(=O)C1CCCN1CC1CC(c2ccc(CO)cc2)OC(c2ccc(NC(=O)NCc3ccccc3)cc2)O1.